The number of carbonyl (C=O) groups excluding carboxylic acids is 2. The molecule has 2 amide bonds. The summed E-state index contributed by atoms with van der Waals surface area (Å²) in [5.41, 5.74) is 6.06. The number of thiophene rings is 1. The fraction of sp³-hybridized carbons (Fsp3) is 0.231. The van der Waals surface area contributed by atoms with Gasteiger partial charge in [0.15, 0.2) is 0 Å². The van der Waals surface area contributed by atoms with Crippen molar-refractivity contribution < 1.29 is 14.0 Å². The number of amides is 2. The highest BCUT2D eigenvalue weighted by atomic mass is 32.1. The molecule has 0 atom stereocenters. The Balaban J connectivity index is 2.01. The van der Waals surface area contributed by atoms with E-state index in [1.54, 1.807) is 12.1 Å². The zero-order valence-corrected chi connectivity index (χ0v) is 11.3. The molecule has 3 rings (SSSR count). The molecule has 104 valence electrons. The molecule has 0 radical (unpaired) electrons. The monoisotopic (exact) mass is 293 g/mol. The summed E-state index contributed by atoms with van der Waals surface area (Å²) >= 11 is 1.15. The van der Waals surface area contributed by atoms with E-state index >= 15 is 0 Å². The first-order valence-corrected chi connectivity index (χ1v) is 6.92. The van der Waals surface area contributed by atoms with Crippen LogP contribution in [0.15, 0.2) is 18.2 Å². The number of nitrogens with one attached hydrogen (secondary N) is 1. The van der Waals surface area contributed by atoms with Crippen LogP contribution in [0.4, 0.5) is 10.1 Å². The molecule has 1 aliphatic rings. The molecule has 0 unspecified atom stereocenters. The third kappa shape index (κ3) is 2.00. The number of anilines is 1. The first-order chi connectivity index (χ1) is 9.58. The average Bonchev–Trinajstić information content (AvgIpc) is 2.76. The van der Waals surface area contributed by atoms with Crippen molar-refractivity contribution in [1.82, 2.24) is 10.2 Å². The first kappa shape index (κ1) is 12.9. The van der Waals surface area contributed by atoms with E-state index in [1.165, 1.54) is 11.0 Å². The Labute approximate surface area is 118 Å². The SMILES string of the molecule is Nc1c(C(=O)N2CCNC(=O)C2)sc2cccc(F)c12. The maximum Gasteiger partial charge on any atom is 0.266 e. The highest BCUT2D eigenvalue weighted by Crippen LogP contribution is 2.36. The number of piperazine rings is 1. The number of rotatable bonds is 1. The average molecular weight is 293 g/mol. The van der Waals surface area contributed by atoms with E-state index in [0.717, 1.165) is 11.3 Å². The van der Waals surface area contributed by atoms with Gasteiger partial charge >= 0.3 is 0 Å². The molecule has 1 fully saturated rings. The molecular weight excluding hydrogens is 281 g/mol. The van der Waals surface area contributed by atoms with E-state index < -0.39 is 5.82 Å². The molecule has 7 heteroatoms. The molecule has 0 saturated carbocycles. The minimum Gasteiger partial charge on any atom is -0.397 e. The van der Waals surface area contributed by atoms with Crippen LogP contribution in [-0.4, -0.2) is 36.3 Å². The lowest BCUT2D eigenvalue weighted by molar-refractivity contribution is -0.123. The highest BCUT2D eigenvalue weighted by Gasteiger charge is 2.26. The van der Waals surface area contributed by atoms with E-state index in [4.69, 9.17) is 5.73 Å². The number of halogens is 1. The Kier molecular flexibility index (Phi) is 3.06. The Morgan fingerprint density at radius 3 is 2.95 bits per heavy atom. The smallest absolute Gasteiger partial charge is 0.266 e. The summed E-state index contributed by atoms with van der Waals surface area (Å²) in [6.45, 7) is 0.861. The zero-order chi connectivity index (χ0) is 14.3. The lowest BCUT2D eigenvalue weighted by Crippen LogP contribution is -2.49. The van der Waals surface area contributed by atoms with Gasteiger partial charge in [0, 0.05) is 17.8 Å². The lowest BCUT2D eigenvalue weighted by Gasteiger charge is -2.26. The Morgan fingerprint density at radius 2 is 2.25 bits per heavy atom. The second kappa shape index (κ2) is 4.75. The molecule has 1 aromatic carbocycles. The third-order valence-corrected chi connectivity index (χ3v) is 4.38. The second-order valence-corrected chi connectivity index (χ2v) is 5.59. The Bertz CT molecular complexity index is 713. The standard InChI is InChI=1S/C13H12FN3O2S/c14-7-2-1-3-8-10(7)11(15)12(20-8)13(19)17-5-4-16-9(18)6-17/h1-3H,4-6,15H2,(H,16,18). The molecule has 0 spiro atoms. The number of nitrogen functional groups attached to an aromatic ring is 1. The summed E-state index contributed by atoms with van der Waals surface area (Å²) in [4.78, 5) is 25.4. The summed E-state index contributed by atoms with van der Waals surface area (Å²) < 4.78 is 14.4. The predicted octanol–water partition coefficient (Wildman–Crippen LogP) is 1.19. The van der Waals surface area contributed by atoms with Crippen LogP contribution in [0.5, 0.6) is 0 Å². The Morgan fingerprint density at radius 1 is 1.45 bits per heavy atom. The van der Waals surface area contributed by atoms with Crippen molar-refractivity contribution in [1.29, 1.82) is 0 Å². The predicted molar refractivity (Wildman–Crippen MR) is 75.1 cm³/mol. The second-order valence-electron chi connectivity index (χ2n) is 4.53. The van der Waals surface area contributed by atoms with Crippen molar-refractivity contribution in [2.75, 3.05) is 25.4 Å². The van der Waals surface area contributed by atoms with Crippen molar-refractivity contribution >= 4 is 38.9 Å². The number of hydrogen-bond donors (Lipinski definition) is 2. The van der Waals surface area contributed by atoms with Gasteiger partial charge in [-0.05, 0) is 12.1 Å². The van der Waals surface area contributed by atoms with E-state index in [-0.39, 0.29) is 29.4 Å². The van der Waals surface area contributed by atoms with Crippen molar-refractivity contribution in [2.24, 2.45) is 0 Å². The molecule has 3 N–H and O–H groups in total. The van der Waals surface area contributed by atoms with E-state index in [1.807, 2.05) is 0 Å². The van der Waals surface area contributed by atoms with Gasteiger partial charge in [0.25, 0.3) is 5.91 Å². The summed E-state index contributed by atoms with van der Waals surface area (Å²) in [5, 5.41) is 2.93. The molecule has 1 saturated heterocycles. The van der Waals surface area contributed by atoms with Crippen LogP contribution >= 0.6 is 11.3 Å². The van der Waals surface area contributed by atoms with Crippen molar-refractivity contribution in [3.63, 3.8) is 0 Å². The van der Waals surface area contributed by atoms with Gasteiger partial charge in [0.1, 0.15) is 10.7 Å². The number of hydrogen-bond acceptors (Lipinski definition) is 4. The number of fused-ring (bicyclic) bond motifs is 1. The quantitative estimate of drug-likeness (QED) is 0.829. The minimum absolute atomic E-state index is 0.00893. The molecule has 1 aromatic heterocycles. The molecule has 1 aliphatic heterocycles. The van der Waals surface area contributed by atoms with Gasteiger partial charge in [-0.2, -0.15) is 0 Å². The highest BCUT2D eigenvalue weighted by molar-refractivity contribution is 7.21. The van der Waals surface area contributed by atoms with E-state index in [9.17, 15) is 14.0 Å². The number of nitrogens with zero attached hydrogens (tertiary/aromatic N) is 1. The van der Waals surface area contributed by atoms with Crippen LogP contribution in [0, 0.1) is 5.82 Å². The van der Waals surface area contributed by atoms with Crippen molar-refractivity contribution in [3.05, 3.63) is 28.9 Å². The van der Waals surface area contributed by atoms with Gasteiger partial charge in [-0.1, -0.05) is 6.07 Å². The molecule has 2 heterocycles. The van der Waals surface area contributed by atoms with Crippen LogP contribution < -0.4 is 11.1 Å². The lowest BCUT2D eigenvalue weighted by atomic mass is 10.2. The summed E-state index contributed by atoms with van der Waals surface area (Å²) in [6.07, 6.45) is 0. The van der Waals surface area contributed by atoms with Gasteiger partial charge in [-0.3, -0.25) is 9.59 Å². The zero-order valence-electron chi connectivity index (χ0n) is 10.5. The maximum atomic E-state index is 13.8. The normalized spacial score (nSPS) is 15.4. The molecule has 2 aromatic rings. The first-order valence-electron chi connectivity index (χ1n) is 6.10. The van der Waals surface area contributed by atoms with Gasteiger partial charge in [0.2, 0.25) is 5.91 Å². The van der Waals surface area contributed by atoms with Crippen molar-refractivity contribution in [2.45, 2.75) is 0 Å². The number of nitrogens with two attached hydrogens (primary N) is 1. The maximum absolute atomic E-state index is 13.8. The molecule has 0 bridgehead atoms. The molecule has 5 nitrogen and oxygen atoms in total. The number of benzene rings is 1. The topological polar surface area (TPSA) is 75.4 Å². The van der Waals surface area contributed by atoms with Crippen molar-refractivity contribution in [3.8, 4) is 0 Å². The fourth-order valence-corrected chi connectivity index (χ4v) is 3.35. The van der Waals surface area contributed by atoms with E-state index in [2.05, 4.69) is 5.32 Å². The minimum atomic E-state index is -0.438. The van der Waals surface area contributed by atoms with Gasteiger partial charge in [-0.25, -0.2) is 4.39 Å². The van der Waals surface area contributed by atoms with Gasteiger partial charge in [0.05, 0.1) is 17.6 Å². The van der Waals surface area contributed by atoms with Crippen LogP contribution in [0.2, 0.25) is 0 Å². The van der Waals surface area contributed by atoms with Gasteiger partial charge < -0.3 is 16.0 Å². The fourth-order valence-electron chi connectivity index (χ4n) is 2.24. The largest absolute Gasteiger partial charge is 0.397 e. The third-order valence-electron chi connectivity index (χ3n) is 3.22. The summed E-state index contributed by atoms with van der Waals surface area (Å²) in [6, 6.07) is 4.61. The molecular formula is C13H12FN3O2S. The van der Waals surface area contributed by atoms with Crippen LogP contribution in [0.1, 0.15) is 9.67 Å². The van der Waals surface area contributed by atoms with Crippen LogP contribution in [-0.2, 0) is 4.79 Å². The van der Waals surface area contributed by atoms with Gasteiger partial charge in [-0.15, -0.1) is 11.3 Å². The summed E-state index contributed by atoms with van der Waals surface area (Å²) in [5.74, 6) is -0.958. The molecule has 0 aliphatic carbocycles. The summed E-state index contributed by atoms with van der Waals surface area (Å²) in [7, 11) is 0. The number of carbonyl (C=O) groups is 2. The van der Waals surface area contributed by atoms with E-state index in [0.29, 0.717) is 22.7 Å². The van der Waals surface area contributed by atoms with Crippen LogP contribution in [0.3, 0.4) is 0 Å². The van der Waals surface area contributed by atoms with Crippen LogP contribution in [0.25, 0.3) is 10.1 Å². The molecule has 20 heavy (non-hydrogen) atoms. The Hall–Kier alpha value is -2.15.